The molecule has 3 amide bonds. The fraction of sp³-hybridized carbons (Fsp3) is 0.552. The van der Waals surface area contributed by atoms with Gasteiger partial charge in [-0.05, 0) is 64.7 Å². The number of carboxylic acid groups (broad SMARTS) is 1. The summed E-state index contributed by atoms with van der Waals surface area (Å²) in [5.74, 6) is -2.11. The number of methoxy groups -OCH3 is 1. The number of aliphatic carboxylic acids is 1. The van der Waals surface area contributed by atoms with Gasteiger partial charge in [0.25, 0.3) is 5.91 Å². The zero-order chi connectivity index (χ0) is 33.1. The van der Waals surface area contributed by atoms with Crippen LogP contribution in [0.3, 0.4) is 0 Å². The third-order valence-corrected chi connectivity index (χ3v) is 6.92. The molecule has 1 aromatic heterocycles. The van der Waals surface area contributed by atoms with Gasteiger partial charge in [0.05, 0.1) is 26.3 Å². The number of benzene rings is 1. The van der Waals surface area contributed by atoms with E-state index in [1.165, 1.54) is 30.0 Å². The van der Waals surface area contributed by atoms with Crippen LogP contribution < -0.4 is 14.8 Å². The Hall–Kier alpha value is -4.63. The smallest absolute Gasteiger partial charge is 0.410 e. The van der Waals surface area contributed by atoms with E-state index in [4.69, 9.17) is 13.9 Å². The van der Waals surface area contributed by atoms with Gasteiger partial charge in [-0.15, -0.1) is 0 Å². The Morgan fingerprint density at radius 3 is 2.47 bits per heavy atom. The SMILES string of the molecule is COC(=O)N1CCN(C(=O)c2nc(-c3ccc(OC(F)F)c(OCC4CC4)c3)oc2[C@H](C)NC(=O)OC(C)(C)C)CC1C(=O)O. The fourth-order valence-corrected chi connectivity index (χ4v) is 4.56. The van der Waals surface area contributed by atoms with Gasteiger partial charge < -0.3 is 38.7 Å². The maximum atomic E-state index is 13.8. The standard InChI is InChI=1S/C29H36F2N4O10/c1-15(32-27(39)45-29(2,3)4)22-21(24(36)34-10-11-35(28(40)41-5)18(13-34)25(37)38)33-23(44-22)17-8-9-19(43-26(30)31)20(12-17)42-14-16-6-7-16/h8-9,12,15-16,18,26H,6-7,10-11,13-14H2,1-5H3,(H,32,39)(H,37,38)/t15-,18?/m0/s1. The lowest BCUT2D eigenvalue weighted by Crippen LogP contribution is -2.59. The zero-order valence-corrected chi connectivity index (χ0v) is 25.5. The van der Waals surface area contributed by atoms with E-state index in [1.54, 1.807) is 20.8 Å². The van der Waals surface area contributed by atoms with Crippen LogP contribution in [0.5, 0.6) is 11.5 Å². The van der Waals surface area contributed by atoms with Crippen LogP contribution >= 0.6 is 0 Å². The molecule has 2 aliphatic rings. The van der Waals surface area contributed by atoms with Gasteiger partial charge in [-0.2, -0.15) is 8.78 Å². The second-order valence-electron chi connectivity index (χ2n) is 11.7. The topological polar surface area (TPSA) is 170 Å². The molecule has 16 heteroatoms. The van der Waals surface area contributed by atoms with Gasteiger partial charge in [0, 0.05) is 18.7 Å². The first-order valence-electron chi connectivity index (χ1n) is 14.3. The number of hydrogen-bond donors (Lipinski definition) is 2. The van der Waals surface area contributed by atoms with Crippen molar-refractivity contribution in [2.45, 2.75) is 64.8 Å². The molecule has 0 radical (unpaired) electrons. The monoisotopic (exact) mass is 638 g/mol. The average Bonchev–Trinajstić information content (AvgIpc) is 3.69. The van der Waals surface area contributed by atoms with Crippen molar-refractivity contribution < 1.29 is 56.4 Å². The number of oxazole rings is 1. The number of ether oxygens (including phenoxy) is 4. The summed E-state index contributed by atoms with van der Waals surface area (Å²) in [6, 6.07) is 1.70. The Morgan fingerprint density at radius 1 is 1.16 bits per heavy atom. The van der Waals surface area contributed by atoms with E-state index in [1.807, 2.05) is 0 Å². The van der Waals surface area contributed by atoms with E-state index >= 15 is 0 Å². The number of carbonyl (C=O) groups is 4. The van der Waals surface area contributed by atoms with E-state index in [-0.39, 0.29) is 54.0 Å². The molecule has 246 valence electrons. The Labute approximate surface area is 257 Å². The minimum absolute atomic E-state index is 0.0236. The van der Waals surface area contributed by atoms with E-state index in [0.29, 0.717) is 12.5 Å². The molecule has 1 saturated carbocycles. The molecule has 1 aliphatic carbocycles. The fourth-order valence-electron chi connectivity index (χ4n) is 4.56. The molecule has 1 aromatic carbocycles. The summed E-state index contributed by atoms with van der Waals surface area (Å²) < 4.78 is 52.5. The summed E-state index contributed by atoms with van der Waals surface area (Å²) in [7, 11) is 1.12. The molecule has 0 bridgehead atoms. The number of nitrogens with one attached hydrogen (secondary N) is 1. The van der Waals surface area contributed by atoms with Crippen LogP contribution in [0.1, 0.15) is 62.8 Å². The van der Waals surface area contributed by atoms with Gasteiger partial charge in [0.1, 0.15) is 5.60 Å². The van der Waals surface area contributed by atoms with Crippen LogP contribution in [0.25, 0.3) is 11.5 Å². The van der Waals surface area contributed by atoms with E-state index in [0.717, 1.165) is 24.9 Å². The molecule has 45 heavy (non-hydrogen) atoms. The normalized spacial score (nSPS) is 17.5. The quantitative estimate of drug-likeness (QED) is 0.380. The van der Waals surface area contributed by atoms with Crippen molar-refractivity contribution >= 4 is 24.1 Å². The molecule has 1 aliphatic heterocycles. The molecule has 2 N–H and O–H groups in total. The van der Waals surface area contributed by atoms with Crippen molar-refractivity contribution in [3.63, 3.8) is 0 Å². The van der Waals surface area contributed by atoms with E-state index < -0.39 is 48.4 Å². The van der Waals surface area contributed by atoms with Crippen LogP contribution in [0.15, 0.2) is 22.6 Å². The predicted molar refractivity (Wildman–Crippen MR) is 151 cm³/mol. The number of alkyl carbamates (subject to hydrolysis) is 1. The van der Waals surface area contributed by atoms with E-state index in [2.05, 4.69) is 19.8 Å². The molecule has 2 atom stereocenters. The molecular weight excluding hydrogens is 602 g/mol. The van der Waals surface area contributed by atoms with Crippen LogP contribution in [0.4, 0.5) is 18.4 Å². The second kappa shape index (κ2) is 13.6. The predicted octanol–water partition coefficient (Wildman–Crippen LogP) is 4.29. The highest BCUT2D eigenvalue weighted by Crippen LogP contribution is 2.37. The van der Waals surface area contributed by atoms with Gasteiger partial charge in [0.15, 0.2) is 29.0 Å². The number of halogens is 2. The van der Waals surface area contributed by atoms with Gasteiger partial charge in [-0.25, -0.2) is 19.4 Å². The Balaban J connectivity index is 1.69. The third-order valence-electron chi connectivity index (χ3n) is 6.92. The Morgan fingerprint density at radius 2 is 1.87 bits per heavy atom. The highest BCUT2D eigenvalue weighted by Gasteiger charge is 2.40. The number of amides is 3. The first kappa shape index (κ1) is 33.3. The Bertz CT molecular complexity index is 1420. The van der Waals surface area contributed by atoms with Crippen molar-refractivity contribution in [1.82, 2.24) is 20.1 Å². The number of carboxylic acids is 1. The number of carbonyl (C=O) groups excluding carboxylic acids is 3. The first-order chi connectivity index (χ1) is 21.2. The van der Waals surface area contributed by atoms with Crippen LogP contribution in [-0.4, -0.2) is 95.6 Å². The lowest BCUT2D eigenvalue weighted by Gasteiger charge is -2.38. The first-order valence-corrected chi connectivity index (χ1v) is 14.3. The van der Waals surface area contributed by atoms with Crippen molar-refractivity contribution in [2.24, 2.45) is 5.92 Å². The molecule has 4 rings (SSSR count). The summed E-state index contributed by atoms with van der Waals surface area (Å²) in [4.78, 5) is 57.1. The van der Waals surface area contributed by atoms with Crippen molar-refractivity contribution in [1.29, 1.82) is 0 Å². The molecule has 1 unspecified atom stereocenters. The van der Waals surface area contributed by atoms with Crippen molar-refractivity contribution in [3.05, 3.63) is 29.7 Å². The molecule has 1 saturated heterocycles. The molecule has 14 nitrogen and oxygen atoms in total. The number of piperazine rings is 1. The highest BCUT2D eigenvalue weighted by atomic mass is 19.3. The van der Waals surface area contributed by atoms with E-state index in [9.17, 15) is 33.1 Å². The van der Waals surface area contributed by atoms with Gasteiger partial charge in [-0.1, -0.05) is 0 Å². The third kappa shape index (κ3) is 8.51. The highest BCUT2D eigenvalue weighted by molar-refractivity contribution is 5.95. The van der Waals surface area contributed by atoms with Crippen LogP contribution in [0.2, 0.25) is 0 Å². The second-order valence-corrected chi connectivity index (χ2v) is 11.7. The number of aromatic nitrogens is 1. The molecule has 2 aromatic rings. The number of rotatable bonds is 10. The summed E-state index contributed by atoms with van der Waals surface area (Å²) in [6.07, 6.45) is 0.262. The van der Waals surface area contributed by atoms with Gasteiger partial charge in [0.2, 0.25) is 5.89 Å². The number of hydrogen-bond acceptors (Lipinski definition) is 10. The maximum Gasteiger partial charge on any atom is 0.410 e. The number of alkyl halides is 2. The largest absolute Gasteiger partial charge is 0.489 e. The summed E-state index contributed by atoms with van der Waals surface area (Å²) in [5, 5.41) is 12.3. The molecule has 2 heterocycles. The molecule has 0 spiro atoms. The lowest BCUT2D eigenvalue weighted by molar-refractivity contribution is -0.144. The average molecular weight is 639 g/mol. The number of nitrogens with zero attached hydrogens (tertiary/aromatic N) is 3. The van der Waals surface area contributed by atoms with Crippen LogP contribution in [-0.2, 0) is 14.3 Å². The van der Waals surface area contributed by atoms with Crippen molar-refractivity contribution in [3.8, 4) is 23.0 Å². The van der Waals surface area contributed by atoms with Gasteiger partial charge >= 0.3 is 24.8 Å². The minimum Gasteiger partial charge on any atom is -0.489 e. The lowest BCUT2D eigenvalue weighted by atomic mass is 10.1. The summed E-state index contributed by atoms with van der Waals surface area (Å²) in [5.41, 5.74) is -0.803. The summed E-state index contributed by atoms with van der Waals surface area (Å²) in [6.45, 7) is 3.21. The summed E-state index contributed by atoms with van der Waals surface area (Å²) >= 11 is 0. The Kier molecular flexibility index (Phi) is 10.0. The minimum atomic E-state index is -3.09. The molecule has 2 fully saturated rings. The maximum absolute atomic E-state index is 13.8. The zero-order valence-electron chi connectivity index (χ0n) is 25.5. The van der Waals surface area contributed by atoms with Crippen molar-refractivity contribution in [2.75, 3.05) is 33.4 Å². The molecular formula is C29H36F2N4O10. The van der Waals surface area contributed by atoms with Gasteiger partial charge in [-0.3, -0.25) is 9.69 Å². The van der Waals surface area contributed by atoms with Crippen LogP contribution in [0, 0.1) is 5.92 Å².